The van der Waals surface area contributed by atoms with Gasteiger partial charge in [-0.2, -0.15) is 0 Å². The number of esters is 1. The quantitative estimate of drug-likeness (QED) is 0.576. The van der Waals surface area contributed by atoms with Gasteiger partial charge in [0.05, 0.1) is 0 Å². The van der Waals surface area contributed by atoms with Gasteiger partial charge < -0.3 is 16.2 Å². The number of rotatable bonds is 5. The van der Waals surface area contributed by atoms with Crippen molar-refractivity contribution in [3.63, 3.8) is 0 Å². The zero-order valence-electron chi connectivity index (χ0n) is 12.3. The Hall–Kier alpha value is -1.31. The Kier molecular flexibility index (Phi) is 9.96. The van der Waals surface area contributed by atoms with Crippen LogP contribution in [-0.4, -0.2) is 22.0 Å². The van der Waals surface area contributed by atoms with Crippen LogP contribution in [0.3, 0.4) is 0 Å². The molecular weight excluding hydrogens is 398 g/mol. The monoisotopic (exact) mass is 412 g/mol. The van der Waals surface area contributed by atoms with E-state index in [1.54, 1.807) is 30.5 Å². The molecule has 2 aromatic rings. The second-order valence-electron chi connectivity index (χ2n) is 4.63. The molecule has 0 saturated heterocycles. The average molecular weight is 414 g/mol. The van der Waals surface area contributed by atoms with Gasteiger partial charge in [-0.1, -0.05) is 29.3 Å². The van der Waals surface area contributed by atoms with Gasteiger partial charge in [-0.25, -0.2) is 9.97 Å². The van der Waals surface area contributed by atoms with Crippen LogP contribution in [0.15, 0.2) is 30.5 Å². The van der Waals surface area contributed by atoms with Crippen LogP contribution in [0, 0.1) is 0 Å². The lowest BCUT2D eigenvalue weighted by Gasteiger charge is -2.12. The molecule has 0 aromatic carbocycles. The third-order valence-corrected chi connectivity index (χ3v) is 3.20. The third kappa shape index (κ3) is 7.07. The number of aromatic nitrogens is 2. The van der Waals surface area contributed by atoms with Gasteiger partial charge in [0.2, 0.25) is 0 Å². The molecule has 0 fully saturated rings. The van der Waals surface area contributed by atoms with Crippen LogP contribution in [0.25, 0.3) is 0 Å². The Morgan fingerprint density at radius 1 is 1.17 bits per heavy atom. The zero-order chi connectivity index (χ0) is 16.1. The second-order valence-corrected chi connectivity index (χ2v) is 5.40. The number of halogens is 4. The minimum absolute atomic E-state index is 0. The van der Waals surface area contributed by atoms with Crippen LogP contribution in [0.5, 0.6) is 0 Å². The molecule has 2 heterocycles. The normalized spacial score (nSPS) is 11.0. The fourth-order valence-corrected chi connectivity index (χ4v) is 2.26. The maximum atomic E-state index is 11.9. The van der Waals surface area contributed by atoms with E-state index in [1.165, 1.54) is 0 Å². The molecule has 0 radical (unpaired) electrons. The summed E-state index contributed by atoms with van der Waals surface area (Å²) in [5.41, 5.74) is 12.7. The Bertz CT molecular complexity index is 650. The number of ether oxygens (including phenoxy) is 1. The van der Waals surface area contributed by atoms with Crippen LogP contribution >= 0.6 is 48.0 Å². The number of carbonyl (C=O) groups excluding carboxylic acids is 1. The molecule has 0 amide bonds. The van der Waals surface area contributed by atoms with Crippen molar-refractivity contribution in [3.05, 3.63) is 51.9 Å². The van der Waals surface area contributed by atoms with Crippen molar-refractivity contribution in [3.8, 4) is 0 Å². The molecule has 0 aliphatic carbocycles. The summed E-state index contributed by atoms with van der Waals surface area (Å²) in [5, 5.41) is 0.464. The first-order valence-corrected chi connectivity index (χ1v) is 7.14. The number of pyridine rings is 2. The number of nitrogens with two attached hydrogens (primary N) is 2. The van der Waals surface area contributed by atoms with E-state index < -0.39 is 12.0 Å². The Balaban J connectivity index is 0.00000264. The lowest BCUT2D eigenvalue weighted by molar-refractivity contribution is -0.146. The van der Waals surface area contributed by atoms with Crippen molar-refractivity contribution < 1.29 is 9.53 Å². The SMILES string of the molecule is Cl.Cl.Nc1ccc(C[C@H](N)C(=O)OCc2cc(Cl)nc(Cl)c2)cn1. The summed E-state index contributed by atoms with van der Waals surface area (Å²) in [6.45, 7) is 0.0223. The van der Waals surface area contributed by atoms with Crippen LogP contribution in [0.4, 0.5) is 5.82 Å². The highest BCUT2D eigenvalue weighted by Crippen LogP contribution is 2.15. The molecule has 2 rings (SSSR count). The van der Waals surface area contributed by atoms with Gasteiger partial charge in [0.15, 0.2) is 0 Å². The molecule has 10 heteroatoms. The molecule has 0 spiro atoms. The highest BCUT2D eigenvalue weighted by molar-refractivity contribution is 6.32. The molecule has 2 aromatic heterocycles. The number of carbonyl (C=O) groups is 1. The number of nitrogen functional groups attached to an aromatic ring is 1. The van der Waals surface area contributed by atoms with Crippen LogP contribution < -0.4 is 11.5 Å². The Labute approximate surface area is 161 Å². The van der Waals surface area contributed by atoms with Gasteiger partial charge in [0, 0.05) is 6.20 Å². The van der Waals surface area contributed by atoms with Crippen LogP contribution in [0.1, 0.15) is 11.1 Å². The first-order valence-electron chi connectivity index (χ1n) is 6.38. The summed E-state index contributed by atoms with van der Waals surface area (Å²) in [4.78, 5) is 19.6. The predicted octanol–water partition coefficient (Wildman–Crippen LogP) is 2.82. The second kappa shape index (κ2) is 10.5. The van der Waals surface area contributed by atoms with Crippen molar-refractivity contribution in [2.75, 3.05) is 5.73 Å². The highest BCUT2D eigenvalue weighted by atomic mass is 35.5. The molecule has 0 aliphatic heterocycles. The van der Waals surface area contributed by atoms with Gasteiger partial charge in [0.25, 0.3) is 0 Å². The minimum Gasteiger partial charge on any atom is -0.460 e. The molecule has 0 unspecified atom stereocenters. The van der Waals surface area contributed by atoms with Crippen LogP contribution in [-0.2, 0) is 22.6 Å². The largest absolute Gasteiger partial charge is 0.460 e. The Morgan fingerprint density at radius 3 is 2.33 bits per heavy atom. The predicted molar refractivity (Wildman–Crippen MR) is 98.9 cm³/mol. The lowest BCUT2D eigenvalue weighted by Crippen LogP contribution is -2.34. The van der Waals surface area contributed by atoms with Crippen molar-refractivity contribution in [2.45, 2.75) is 19.1 Å². The van der Waals surface area contributed by atoms with Gasteiger partial charge in [0.1, 0.15) is 28.8 Å². The first-order chi connectivity index (χ1) is 10.4. The zero-order valence-corrected chi connectivity index (χ0v) is 15.5. The summed E-state index contributed by atoms with van der Waals surface area (Å²) in [5.74, 6) is -0.118. The summed E-state index contributed by atoms with van der Waals surface area (Å²) in [6.07, 6.45) is 1.88. The van der Waals surface area contributed by atoms with Crippen molar-refractivity contribution >= 4 is 59.8 Å². The van der Waals surface area contributed by atoms with E-state index in [2.05, 4.69) is 9.97 Å². The van der Waals surface area contributed by atoms with Crippen LogP contribution in [0.2, 0.25) is 10.3 Å². The molecule has 4 N–H and O–H groups in total. The van der Waals surface area contributed by atoms with Gasteiger partial charge in [-0.05, 0) is 35.7 Å². The average Bonchev–Trinajstić information content (AvgIpc) is 2.46. The fourth-order valence-electron chi connectivity index (χ4n) is 1.75. The van der Waals surface area contributed by atoms with Gasteiger partial charge in [-0.15, -0.1) is 24.8 Å². The summed E-state index contributed by atoms with van der Waals surface area (Å²) in [6, 6.07) is 5.75. The lowest BCUT2D eigenvalue weighted by atomic mass is 10.1. The van der Waals surface area contributed by atoms with E-state index in [-0.39, 0.29) is 41.7 Å². The number of nitrogens with zero attached hydrogens (tertiary/aromatic N) is 2. The first kappa shape index (κ1) is 22.7. The standard InChI is InChI=1S/C14H14Cl2N4O2.2ClH/c15-11-4-9(5-12(16)20-11)7-22-14(21)10(17)3-8-1-2-13(18)19-6-8;;/h1-2,4-6,10H,3,7,17H2,(H2,18,19);2*1H/t10-;;/m0../s1. The molecule has 6 nitrogen and oxygen atoms in total. The molecule has 0 bridgehead atoms. The van der Waals surface area contributed by atoms with Gasteiger partial charge in [-0.3, -0.25) is 4.79 Å². The molecule has 1 atom stereocenters. The van der Waals surface area contributed by atoms with Crippen molar-refractivity contribution in [1.29, 1.82) is 0 Å². The minimum atomic E-state index is -0.793. The molecule has 24 heavy (non-hydrogen) atoms. The van der Waals surface area contributed by atoms with Crippen molar-refractivity contribution in [1.82, 2.24) is 9.97 Å². The number of hydrogen-bond acceptors (Lipinski definition) is 6. The van der Waals surface area contributed by atoms with E-state index >= 15 is 0 Å². The third-order valence-electron chi connectivity index (χ3n) is 2.81. The molecule has 0 saturated carbocycles. The number of hydrogen-bond donors (Lipinski definition) is 2. The van der Waals surface area contributed by atoms with E-state index in [0.29, 0.717) is 17.8 Å². The van der Waals surface area contributed by atoms with E-state index in [1.807, 2.05) is 0 Å². The molecular formula is C14H16Cl4N4O2. The summed E-state index contributed by atoms with van der Waals surface area (Å²) >= 11 is 11.5. The Morgan fingerprint density at radius 2 is 1.79 bits per heavy atom. The van der Waals surface area contributed by atoms with E-state index in [0.717, 1.165) is 5.56 Å². The maximum absolute atomic E-state index is 11.9. The summed E-state index contributed by atoms with van der Waals surface area (Å²) in [7, 11) is 0. The molecule has 132 valence electrons. The van der Waals surface area contributed by atoms with E-state index in [4.69, 9.17) is 39.4 Å². The van der Waals surface area contributed by atoms with Gasteiger partial charge >= 0.3 is 5.97 Å². The maximum Gasteiger partial charge on any atom is 0.323 e. The highest BCUT2D eigenvalue weighted by Gasteiger charge is 2.16. The number of anilines is 1. The van der Waals surface area contributed by atoms with E-state index in [9.17, 15) is 4.79 Å². The smallest absolute Gasteiger partial charge is 0.323 e. The fraction of sp³-hybridized carbons (Fsp3) is 0.214. The van der Waals surface area contributed by atoms with Crippen molar-refractivity contribution in [2.24, 2.45) is 5.73 Å². The topological polar surface area (TPSA) is 104 Å². The molecule has 0 aliphatic rings. The summed E-state index contributed by atoms with van der Waals surface area (Å²) < 4.78 is 5.14.